The molecule has 0 radical (unpaired) electrons. The van der Waals surface area contributed by atoms with Crippen LogP contribution in [0.4, 0.5) is 0 Å². The summed E-state index contributed by atoms with van der Waals surface area (Å²) in [4.78, 5) is 20.3. The molecule has 0 amide bonds. The van der Waals surface area contributed by atoms with Gasteiger partial charge in [0.2, 0.25) is 0 Å². The minimum atomic E-state index is -0.129. The number of rotatable bonds is 6. The third kappa shape index (κ3) is 11.6. The third-order valence-electron chi connectivity index (χ3n) is 16.9. The number of fused-ring (bicyclic) bond motifs is 8. The first-order chi connectivity index (χ1) is 39.3. The summed E-state index contributed by atoms with van der Waals surface area (Å²) in [6, 6.07) is 51.6. The number of nitrogens with one attached hydrogen (secondary N) is 2. The number of benzene rings is 6. The molecule has 4 nitrogen and oxygen atoms in total. The summed E-state index contributed by atoms with van der Waals surface area (Å²) in [6.45, 7) is 45.6. The van der Waals surface area contributed by atoms with Gasteiger partial charge in [-0.05, 0) is 169 Å². The van der Waals surface area contributed by atoms with Gasteiger partial charge in [0.15, 0.2) is 0 Å². The van der Waals surface area contributed by atoms with Crippen LogP contribution >= 0.6 is 0 Å². The molecule has 5 heterocycles. The predicted molar refractivity (Wildman–Crippen MR) is 362 cm³/mol. The Balaban J connectivity index is 1.43. The summed E-state index contributed by atoms with van der Waals surface area (Å²) < 4.78 is 0. The van der Waals surface area contributed by atoms with E-state index in [1.54, 1.807) is 0 Å². The van der Waals surface area contributed by atoms with Crippen LogP contribution in [0.1, 0.15) is 184 Å². The Hall–Kier alpha value is -8.08. The first-order valence-corrected chi connectivity index (χ1v) is 30.3. The maximum atomic E-state index is 5.96. The van der Waals surface area contributed by atoms with Gasteiger partial charge in [0.25, 0.3) is 0 Å². The van der Waals surface area contributed by atoms with Crippen molar-refractivity contribution in [2.75, 3.05) is 0 Å². The van der Waals surface area contributed by atoms with Crippen LogP contribution in [0.15, 0.2) is 133 Å². The molecule has 3 aromatic heterocycles. The zero-order valence-corrected chi connectivity index (χ0v) is 53.8. The average molecular weight is 1100 g/mol. The summed E-state index contributed by atoms with van der Waals surface area (Å²) in [6.07, 6.45) is 4.73. The highest BCUT2D eigenvalue weighted by Gasteiger charge is 2.28. The van der Waals surface area contributed by atoms with Crippen LogP contribution in [0.25, 0.3) is 89.9 Å². The Morgan fingerprint density at radius 1 is 0.262 bits per heavy atom. The maximum absolute atomic E-state index is 5.96. The lowest BCUT2D eigenvalue weighted by Gasteiger charge is -2.26. The van der Waals surface area contributed by atoms with Crippen molar-refractivity contribution in [1.82, 2.24) is 19.9 Å². The fourth-order valence-corrected chi connectivity index (χ4v) is 12.7. The average Bonchev–Trinajstić information content (AvgIpc) is 1.96. The van der Waals surface area contributed by atoms with Gasteiger partial charge in [-0.3, -0.25) is 0 Å². The highest BCUT2D eigenvalue weighted by atomic mass is 14.8. The first kappa shape index (κ1) is 57.7. The molecule has 8 bridgehead atoms. The van der Waals surface area contributed by atoms with Crippen molar-refractivity contribution in [2.24, 2.45) is 0 Å². The second-order valence-corrected chi connectivity index (χ2v) is 29.0. The summed E-state index contributed by atoms with van der Waals surface area (Å²) in [7, 11) is 0. The molecular weight excluding hydrogens is 1020 g/mol. The van der Waals surface area contributed by atoms with E-state index in [1.165, 1.54) is 66.8 Å². The molecule has 0 spiro atoms. The van der Waals surface area contributed by atoms with Crippen LogP contribution in [0.2, 0.25) is 0 Å². The van der Waals surface area contributed by atoms with E-state index in [4.69, 9.17) is 9.97 Å². The van der Waals surface area contributed by atoms with Gasteiger partial charge in [-0.15, -0.1) is 0 Å². The molecule has 0 fully saturated rings. The Morgan fingerprint density at radius 2 is 0.524 bits per heavy atom. The van der Waals surface area contributed by atoms with Crippen molar-refractivity contribution in [2.45, 2.75) is 160 Å². The molecule has 9 aromatic rings. The minimum absolute atomic E-state index is 0.129. The SMILES string of the molecule is Cc1cc(C)cc(C2=Cc3nc2cc2[nH]c(cc2-c2cc(C)cc(C)c2)c(-c2cc(C(C)(C)C)cc(C(C)(C)C)c2)c2nc(cc4[nH]c(cc4-c4cc(C)cc(C)c4)c3-c3cc(C(C)(C)C)cc(C(C)(C)C)c3)C(c3cc(C)cc(C)c3)=C2)c1. The molecule has 0 saturated carbocycles. The molecule has 84 heavy (non-hydrogen) atoms. The third-order valence-corrected chi connectivity index (χ3v) is 16.9. The quantitative estimate of drug-likeness (QED) is 0.174. The molecule has 4 heteroatoms. The summed E-state index contributed by atoms with van der Waals surface area (Å²) in [5.74, 6) is 0. The molecule has 2 aliphatic heterocycles. The van der Waals surface area contributed by atoms with E-state index in [-0.39, 0.29) is 21.7 Å². The normalized spacial score (nSPS) is 13.1. The number of nitrogens with zero attached hydrogens (tertiary/aromatic N) is 2. The lowest BCUT2D eigenvalue weighted by atomic mass is 9.78. The van der Waals surface area contributed by atoms with Gasteiger partial charge in [0.05, 0.1) is 22.8 Å². The topological polar surface area (TPSA) is 57.4 Å². The van der Waals surface area contributed by atoms with Gasteiger partial charge in [0.1, 0.15) is 0 Å². The van der Waals surface area contributed by atoms with Crippen LogP contribution < -0.4 is 0 Å². The van der Waals surface area contributed by atoms with Crippen LogP contribution in [-0.4, -0.2) is 19.9 Å². The minimum Gasteiger partial charge on any atom is -0.354 e. The largest absolute Gasteiger partial charge is 0.354 e. The van der Waals surface area contributed by atoms with Crippen LogP contribution in [0.5, 0.6) is 0 Å². The number of aryl methyl sites for hydroxylation is 8. The second kappa shape index (κ2) is 20.9. The van der Waals surface area contributed by atoms with Crippen molar-refractivity contribution < 1.29 is 0 Å². The fourth-order valence-electron chi connectivity index (χ4n) is 12.7. The van der Waals surface area contributed by atoms with Crippen molar-refractivity contribution in [3.8, 4) is 44.5 Å². The van der Waals surface area contributed by atoms with Crippen LogP contribution in [-0.2, 0) is 21.7 Å². The Kier molecular flexibility index (Phi) is 14.4. The molecular formula is C80H86N4. The molecule has 0 atom stereocenters. The standard InChI is InChI=1S/C80H86N4/c1-45-21-46(2)26-53(25-45)63-39-71-75(57-33-59(77(9,10)11)37-60(34-57)78(12,13)14)72-41-65(55-29-49(5)23-50(6)30-55)69(83-72)44-70-66(56-31-51(7)24-52(8)32-56)42-74(84-70)76(58-35-61(79(15,16)17)38-62(36-58)80(18,19)20)73-40-64(68(82-73)43-67(63)81-71)54-27-47(3)22-48(4)28-54/h21-44,81,84H,1-20H3. The summed E-state index contributed by atoms with van der Waals surface area (Å²) >= 11 is 0. The molecule has 0 aliphatic carbocycles. The van der Waals surface area contributed by atoms with Gasteiger partial charge < -0.3 is 9.97 Å². The Labute approximate surface area is 501 Å². The molecule has 2 aliphatic rings. The van der Waals surface area contributed by atoms with Crippen molar-refractivity contribution in [1.29, 1.82) is 0 Å². The highest BCUT2D eigenvalue weighted by Crippen LogP contribution is 2.45. The van der Waals surface area contributed by atoms with Gasteiger partial charge in [-0.1, -0.05) is 237 Å². The molecule has 0 saturated heterocycles. The van der Waals surface area contributed by atoms with E-state index in [1.807, 2.05) is 0 Å². The lowest BCUT2D eigenvalue weighted by Crippen LogP contribution is -2.16. The number of H-pyrrole nitrogens is 2. The number of aromatic amines is 2. The molecule has 2 N–H and O–H groups in total. The Morgan fingerprint density at radius 3 is 0.786 bits per heavy atom. The summed E-state index contributed by atoms with van der Waals surface area (Å²) in [5.41, 5.74) is 35.1. The van der Waals surface area contributed by atoms with Crippen LogP contribution in [0.3, 0.4) is 0 Å². The maximum Gasteiger partial charge on any atom is 0.0743 e. The van der Waals surface area contributed by atoms with Crippen LogP contribution in [0, 0.1) is 55.4 Å². The van der Waals surface area contributed by atoms with Crippen molar-refractivity contribution in [3.63, 3.8) is 0 Å². The van der Waals surface area contributed by atoms with Crippen molar-refractivity contribution in [3.05, 3.63) is 234 Å². The van der Waals surface area contributed by atoms with E-state index in [0.717, 1.165) is 112 Å². The number of aromatic nitrogens is 4. The zero-order chi connectivity index (χ0) is 60.3. The van der Waals surface area contributed by atoms with Gasteiger partial charge >= 0.3 is 0 Å². The highest BCUT2D eigenvalue weighted by molar-refractivity contribution is 6.04. The van der Waals surface area contributed by atoms with E-state index in [2.05, 4.69) is 294 Å². The van der Waals surface area contributed by atoms with E-state index in [0.29, 0.717) is 0 Å². The number of hydrogen-bond donors (Lipinski definition) is 2. The Bertz CT molecular complexity index is 3980. The molecule has 11 rings (SSSR count). The molecule has 6 aromatic carbocycles. The lowest BCUT2D eigenvalue weighted by molar-refractivity contribution is 0.568. The fraction of sp³-hybridized carbons (Fsp3) is 0.300. The summed E-state index contributed by atoms with van der Waals surface area (Å²) in [5, 5.41) is 0. The molecule has 426 valence electrons. The van der Waals surface area contributed by atoms with Crippen molar-refractivity contribution >= 4 is 45.4 Å². The predicted octanol–water partition coefficient (Wildman–Crippen LogP) is 21.8. The zero-order valence-electron chi connectivity index (χ0n) is 53.8. The monoisotopic (exact) mass is 1100 g/mol. The first-order valence-electron chi connectivity index (χ1n) is 30.3. The van der Waals surface area contributed by atoms with E-state index >= 15 is 0 Å². The second-order valence-electron chi connectivity index (χ2n) is 29.0. The van der Waals surface area contributed by atoms with Gasteiger partial charge in [-0.2, -0.15) is 0 Å². The number of hydrogen-bond acceptors (Lipinski definition) is 2. The molecule has 0 unspecified atom stereocenters. The smallest absolute Gasteiger partial charge is 0.0743 e. The van der Waals surface area contributed by atoms with Gasteiger partial charge in [-0.25, -0.2) is 9.97 Å². The van der Waals surface area contributed by atoms with E-state index < -0.39 is 0 Å². The van der Waals surface area contributed by atoms with Gasteiger partial charge in [0, 0.05) is 55.5 Å². The van der Waals surface area contributed by atoms with E-state index in [9.17, 15) is 0 Å².